The maximum atomic E-state index is 12.6. The van der Waals surface area contributed by atoms with Crippen molar-refractivity contribution in [3.63, 3.8) is 0 Å². The quantitative estimate of drug-likeness (QED) is 0.758. The zero-order valence-corrected chi connectivity index (χ0v) is 15.8. The van der Waals surface area contributed by atoms with Crippen LogP contribution in [-0.4, -0.2) is 35.8 Å². The second-order valence-electron chi connectivity index (χ2n) is 6.83. The average molecular weight is 380 g/mol. The number of carbonyl (C=O) groups is 3. The Balaban J connectivity index is 1.55. The fourth-order valence-electron chi connectivity index (χ4n) is 3.18. The van der Waals surface area contributed by atoms with Crippen molar-refractivity contribution in [3.8, 4) is 0 Å². The molecule has 4 amide bonds. The Morgan fingerprint density at radius 3 is 2.11 bits per heavy atom. The second kappa shape index (κ2) is 9.03. The molecule has 2 aromatic rings. The second-order valence-corrected chi connectivity index (χ2v) is 6.83. The molecule has 1 saturated heterocycles. The summed E-state index contributed by atoms with van der Waals surface area (Å²) in [6.07, 6.45) is 1.52. The number of urea groups is 1. The number of carbonyl (C=O) groups excluding carboxylic acids is 3. The topological polar surface area (TPSA) is 90.5 Å². The molecule has 1 aliphatic rings. The Kier molecular flexibility index (Phi) is 6.26. The van der Waals surface area contributed by atoms with Crippen molar-refractivity contribution < 1.29 is 14.4 Å². The Labute approximate surface area is 164 Å². The Morgan fingerprint density at radius 1 is 0.857 bits per heavy atom. The minimum Gasteiger partial charge on any atom is -0.326 e. The van der Waals surface area contributed by atoms with Gasteiger partial charge in [-0.3, -0.25) is 9.59 Å². The molecule has 7 nitrogen and oxygen atoms in total. The van der Waals surface area contributed by atoms with Gasteiger partial charge in [0.2, 0.25) is 11.8 Å². The van der Waals surface area contributed by atoms with Crippen LogP contribution in [0.5, 0.6) is 0 Å². The number of para-hydroxylation sites is 1. The number of rotatable bonds is 4. The summed E-state index contributed by atoms with van der Waals surface area (Å²) >= 11 is 0. The van der Waals surface area contributed by atoms with Crippen LogP contribution in [-0.2, 0) is 9.59 Å². The van der Waals surface area contributed by atoms with Gasteiger partial charge in [-0.1, -0.05) is 18.2 Å². The summed E-state index contributed by atoms with van der Waals surface area (Å²) in [6.45, 7) is 2.46. The summed E-state index contributed by atoms with van der Waals surface area (Å²) in [6, 6.07) is 16.0. The van der Waals surface area contributed by atoms with Gasteiger partial charge in [0.1, 0.15) is 0 Å². The van der Waals surface area contributed by atoms with E-state index in [4.69, 9.17) is 0 Å². The number of benzene rings is 2. The molecule has 1 heterocycles. The lowest BCUT2D eigenvalue weighted by Crippen LogP contribution is -2.45. The van der Waals surface area contributed by atoms with E-state index in [0.717, 1.165) is 18.5 Å². The van der Waals surface area contributed by atoms with E-state index in [9.17, 15) is 14.4 Å². The maximum Gasteiger partial charge on any atom is 0.321 e. The van der Waals surface area contributed by atoms with Gasteiger partial charge < -0.3 is 20.9 Å². The lowest BCUT2D eigenvalue weighted by atomic mass is 9.97. The highest BCUT2D eigenvalue weighted by atomic mass is 16.2. The van der Waals surface area contributed by atoms with E-state index in [1.807, 2.05) is 30.3 Å². The standard InChI is InChI=1S/C21H24N4O3/c1-15(26)22-18-9-11-19(12-10-18)23-20(27)16-6-5-13-25(14-16)21(28)24-17-7-3-2-4-8-17/h2-4,7-12,16H,5-6,13-14H2,1H3,(H,22,26)(H,23,27)(H,24,28). The number of hydrogen-bond donors (Lipinski definition) is 3. The van der Waals surface area contributed by atoms with Gasteiger partial charge in [-0.05, 0) is 49.2 Å². The van der Waals surface area contributed by atoms with E-state index in [1.54, 1.807) is 29.2 Å². The predicted octanol–water partition coefficient (Wildman–Crippen LogP) is 3.53. The summed E-state index contributed by atoms with van der Waals surface area (Å²) < 4.78 is 0. The summed E-state index contributed by atoms with van der Waals surface area (Å²) in [5, 5.41) is 8.44. The fourth-order valence-corrected chi connectivity index (χ4v) is 3.18. The summed E-state index contributed by atoms with van der Waals surface area (Å²) in [5.74, 6) is -0.511. The molecule has 0 spiro atoms. The molecule has 1 atom stereocenters. The van der Waals surface area contributed by atoms with Crippen molar-refractivity contribution in [3.05, 3.63) is 54.6 Å². The van der Waals surface area contributed by atoms with E-state index in [0.29, 0.717) is 24.5 Å². The van der Waals surface area contributed by atoms with Crippen LogP contribution in [0.2, 0.25) is 0 Å². The lowest BCUT2D eigenvalue weighted by Gasteiger charge is -2.32. The van der Waals surface area contributed by atoms with Crippen molar-refractivity contribution in [2.45, 2.75) is 19.8 Å². The third kappa shape index (κ3) is 5.33. The number of nitrogens with one attached hydrogen (secondary N) is 3. The predicted molar refractivity (Wildman–Crippen MR) is 109 cm³/mol. The monoisotopic (exact) mass is 380 g/mol. The van der Waals surface area contributed by atoms with Crippen molar-refractivity contribution in [2.75, 3.05) is 29.0 Å². The molecule has 0 aromatic heterocycles. The van der Waals surface area contributed by atoms with Crippen LogP contribution in [0.25, 0.3) is 0 Å². The first kappa shape index (κ1) is 19.4. The number of anilines is 3. The zero-order chi connectivity index (χ0) is 19.9. The molecule has 0 bridgehead atoms. The van der Waals surface area contributed by atoms with Crippen LogP contribution in [0.4, 0.5) is 21.9 Å². The minimum absolute atomic E-state index is 0.107. The van der Waals surface area contributed by atoms with Gasteiger partial charge in [0, 0.05) is 37.1 Å². The van der Waals surface area contributed by atoms with Crippen LogP contribution in [0.15, 0.2) is 54.6 Å². The fraction of sp³-hybridized carbons (Fsp3) is 0.286. The van der Waals surface area contributed by atoms with Crippen LogP contribution in [0.3, 0.4) is 0 Å². The van der Waals surface area contributed by atoms with E-state index in [-0.39, 0.29) is 23.8 Å². The Morgan fingerprint density at radius 2 is 1.46 bits per heavy atom. The van der Waals surface area contributed by atoms with Crippen molar-refractivity contribution in [1.82, 2.24) is 4.90 Å². The number of amides is 4. The van der Waals surface area contributed by atoms with E-state index in [1.165, 1.54) is 6.92 Å². The number of hydrogen-bond acceptors (Lipinski definition) is 3. The smallest absolute Gasteiger partial charge is 0.321 e. The molecule has 146 valence electrons. The molecule has 28 heavy (non-hydrogen) atoms. The summed E-state index contributed by atoms with van der Waals surface area (Å²) in [4.78, 5) is 37.8. The Hall–Kier alpha value is -3.35. The average Bonchev–Trinajstić information content (AvgIpc) is 2.70. The highest BCUT2D eigenvalue weighted by Crippen LogP contribution is 2.21. The van der Waals surface area contributed by atoms with Gasteiger partial charge in [0.25, 0.3) is 0 Å². The molecular formula is C21H24N4O3. The van der Waals surface area contributed by atoms with Crippen LogP contribution in [0, 0.1) is 5.92 Å². The molecule has 3 rings (SSSR count). The molecular weight excluding hydrogens is 356 g/mol. The van der Waals surface area contributed by atoms with Gasteiger partial charge in [-0.2, -0.15) is 0 Å². The third-order valence-electron chi connectivity index (χ3n) is 4.58. The van der Waals surface area contributed by atoms with Gasteiger partial charge in [0.15, 0.2) is 0 Å². The molecule has 3 N–H and O–H groups in total. The SMILES string of the molecule is CC(=O)Nc1ccc(NC(=O)C2CCCN(C(=O)Nc3ccccc3)C2)cc1. The maximum absolute atomic E-state index is 12.6. The lowest BCUT2D eigenvalue weighted by molar-refractivity contribution is -0.121. The zero-order valence-electron chi connectivity index (χ0n) is 15.8. The molecule has 1 unspecified atom stereocenters. The van der Waals surface area contributed by atoms with Gasteiger partial charge in [-0.15, -0.1) is 0 Å². The first-order valence-electron chi connectivity index (χ1n) is 9.31. The summed E-state index contributed by atoms with van der Waals surface area (Å²) in [5.41, 5.74) is 2.07. The van der Waals surface area contributed by atoms with Crippen LogP contribution in [0.1, 0.15) is 19.8 Å². The van der Waals surface area contributed by atoms with Gasteiger partial charge in [-0.25, -0.2) is 4.79 Å². The normalized spacial score (nSPS) is 16.2. The molecule has 7 heteroatoms. The van der Waals surface area contributed by atoms with E-state index in [2.05, 4.69) is 16.0 Å². The number of likely N-dealkylation sites (tertiary alicyclic amines) is 1. The van der Waals surface area contributed by atoms with Gasteiger partial charge in [0.05, 0.1) is 5.92 Å². The van der Waals surface area contributed by atoms with Gasteiger partial charge >= 0.3 is 6.03 Å². The van der Waals surface area contributed by atoms with Crippen molar-refractivity contribution in [2.24, 2.45) is 5.92 Å². The number of nitrogens with zero attached hydrogens (tertiary/aromatic N) is 1. The minimum atomic E-state index is -0.259. The van der Waals surface area contributed by atoms with Crippen molar-refractivity contribution in [1.29, 1.82) is 0 Å². The summed E-state index contributed by atoms with van der Waals surface area (Å²) in [7, 11) is 0. The first-order chi connectivity index (χ1) is 13.5. The molecule has 0 radical (unpaired) electrons. The van der Waals surface area contributed by atoms with Crippen LogP contribution < -0.4 is 16.0 Å². The van der Waals surface area contributed by atoms with Crippen LogP contribution >= 0.6 is 0 Å². The van der Waals surface area contributed by atoms with E-state index >= 15 is 0 Å². The molecule has 0 saturated carbocycles. The third-order valence-corrected chi connectivity index (χ3v) is 4.58. The Bertz CT molecular complexity index is 836. The molecule has 0 aliphatic carbocycles. The largest absolute Gasteiger partial charge is 0.326 e. The highest BCUT2D eigenvalue weighted by molar-refractivity contribution is 5.95. The number of piperidine rings is 1. The molecule has 2 aromatic carbocycles. The first-order valence-corrected chi connectivity index (χ1v) is 9.31. The molecule has 1 aliphatic heterocycles. The van der Waals surface area contributed by atoms with Crippen molar-refractivity contribution >= 4 is 34.9 Å². The highest BCUT2D eigenvalue weighted by Gasteiger charge is 2.28. The van der Waals surface area contributed by atoms with E-state index < -0.39 is 0 Å². The molecule has 1 fully saturated rings.